The summed E-state index contributed by atoms with van der Waals surface area (Å²) in [7, 11) is 1.59. The number of carbonyl (C=O) groups excluding carboxylic acids is 1. The molecule has 0 fully saturated rings. The summed E-state index contributed by atoms with van der Waals surface area (Å²) in [5, 5.41) is 0. The fourth-order valence-corrected chi connectivity index (χ4v) is 0.232. The van der Waals surface area contributed by atoms with Crippen LogP contribution in [0.2, 0.25) is 0 Å². The van der Waals surface area contributed by atoms with E-state index in [4.69, 9.17) is 4.74 Å². The fraction of sp³-hybridized carbons (Fsp3) is 0.800. The first-order valence-electron chi connectivity index (χ1n) is 2.27. The SMILES string of the molecule is COC(C)CC=O.[Ca+2].[H-].[H-]. The van der Waals surface area contributed by atoms with E-state index < -0.39 is 0 Å². The topological polar surface area (TPSA) is 26.3 Å². The van der Waals surface area contributed by atoms with E-state index in [1.165, 1.54) is 0 Å². The maximum Gasteiger partial charge on any atom is 2.00 e. The third kappa shape index (κ3) is 6.89. The van der Waals surface area contributed by atoms with Crippen molar-refractivity contribution in [1.29, 1.82) is 0 Å². The monoisotopic (exact) mass is 144 g/mol. The third-order valence-electron chi connectivity index (χ3n) is 0.831. The Morgan fingerprint density at radius 1 is 1.88 bits per heavy atom. The molecule has 0 aromatic rings. The van der Waals surface area contributed by atoms with Crippen LogP contribution < -0.4 is 0 Å². The summed E-state index contributed by atoms with van der Waals surface area (Å²) in [6.45, 7) is 1.86. The average Bonchev–Trinajstić information content (AvgIpc) is 1.68. The van der Waals surface area contributed by atoms with Crippen LogP contribution >= 0.6 is 0 Å². The molecule has 0 aliphatic rings. The van der Waals surface area contributed by atoms with Crippen molar-refractivity contribution in [1.82, 2.24) is 0 Å². The second-order valence-electron chi connectivity index (χ2n) is 1.45. The van der Waals surface area contributed by atoms with Crippen LogP contribution in [0.15, 0.2) is 0 Å². The Kier molecular flexibility index (Phi) is 11.5. The van der Waals surface area contributed by atoms with Crippen molar-refractivity contribution in [2.24, 2.45) is 0 Å². The molecular weight excluding hydrogens is 132 g/mol. The molecule has 0 amide bonds. The van der Waals surface area contributed by atoms with Gasteiger partial charge in [-0.1, -0.05) is 0 Å². The molecule has 0 N–H and O–H groups in total. The van der Waals surface area contributed by atoms with E-state index in [9.17, 15) is 4.79 Å². The number of methoxy groups -OCH3 is 1. The minimum absolute atomic E-state index is 0. The molecule has 46 valence electrons. The molecule has 3 heteroatoms. The third-order valence-corrected chi connectivity index (χ3v) is 0.831. The summed E-state index contributed by atoms with van der Waals surface area (Å²) in [6.07, 6.45) is 1.43. The van der Waals surface area contributed by atoms with Gasteiger partial charge in [0.2, 0.25) is 0 Å². The molecule has 0 saturated carbocycles. The Hall–Kier alpha value is 0.890. The van der Waals surface area contributed by atoms with Gasteiger partial charge in [0.1, 0.15) is 6.29 Å². The predicted molar refractivity (Wildman–Crippen MR) is 35.1 cm³/mol. The van der Waals surface area contributed by atoms with Crippen LogP contribution in [0.3, 0.4) is 0 Å². The molecule has 8 heavy (non-hydrogen) atoms. The fourth-order valence-electron chi connectivity index (χ4n) is 0.232. The molecular formula is C5H12CaO2. The minimum atomic E-state index is 0. The van der Waals surface area contributed by atoms with Gasteiger partial charge in [-0.2, -0.15) is 0 Å². The first kappa shape index (κ1) is 11.7. The molecule has 0 rings (SSSR count). The zero-order valence-corrected chi connectivity index (χ0v) is 7.59. The molecule has 2 nitrogen and oxygen atoms in total. The summed E-state index contributed by atoms with van der Waals surface area (Å²) < 4.78 is 4.76. The summed E-state index contributed by atoms with van der Waals surface area (Å²) >= 11 is 0. The molecule has 0 aromatic carbocycles. The van der Waals surface area contributed by atoms with Crippen molar-refractivity contribution in [2.75, 3.05) is 7.11 Å². The van der Waals surface area contributed by atoms with Crippen LogP contribution in [0.1, 0.15) is 16.2 Å². The number of hydrogen-bond acceptors (Lipinski definition) is 2. The van der Waals surface area contributed by atoms with Gasteiger partial charge in [0, 0.05) is 13.5 Å². The van der Waals surface area contributed by atoms with E-state index in [-0.39, 0.29) is 46.7 Å². The summed E-state index contributed by atoms with van der Waals surface area (Å²) in [5.74, 6) is 0. The molecule has 0 aromatic heterocycles. The number of ether oxygens (including phenoxy) is 1. The molecule has 1 atom stereocenters. The largest absolute Gasteiger partial charge is 2.00 e. The van der Waals surface area contributed by atoms with E-state index in [1.54, 1.807) is 7.11 Å². The second kappa shape index (κ2) is 7.89. The van der Waals surface area contributed by atoms with Gasteiger partial charge < -0.3 is 12.4 Å². The molecule has 0 radical (unpaired) electrons. The predicted octanol–water partition coefficient (Wildman–Crippen LogP) is 0.455. The number of carbonyl (C=O) groups is 1. The molecule has 0 bridgehead atoms. The zero-order chi connectivity index (χ0) is 5.70. The summed E-state index contributed by atoms with van der Waals surface area (Å²) in [4.78, 5) is 9.69. The van der Waals surface area contributed by atoms with Gasteiger partial charge in [0.15, 0.2) is 0 Å². The van der Waals surface area contributed by atoms with Gasteiger partial charge in [0.25, 0.3) is 0 Å². The van der Waals surface area contributed by atoms with E-state index in [0.29, 0.717) is 6.42 Å². The van der Waals surface area contributed by atoms with E-state index in [1.807, 2.05) is 6.92 Å². The van der Waals surface area contributed by atoms with Crippen LogP contribution in [-0.4, -0.2) is 57.2 Å². The van der Waals surface area contributed by atoms with E-state index >= 15 is 0 Å². The molecule has 0 aliphatic heterocycles. The summed E-state index contributed by atoms with van der Waals surface area (Å²) in [6, 6.07) is 0. The van der Waals surface area contributed by atoms with Gasteiger partial charge in [-0.05, 0) is 6.92 Å². The molecule has 0 saturated heterocycles. The average molecular weight is 144 g/mol. The first-order valence-corrected chi connectivity index (χ1v) is 2.27. The maximum absolute atomic E-state index is 9.69. The van der Waals surface area contributed by atoms with Crippen LogP contribution in [0.4, 0.5) is 0 Å². The first-order chi connectivity index (χ1) is 3.31. The summed E-state index contributed by atoms with van der Waals surface area (Å²) in [5.41, 5.74) is 0. The van der Waals surface area contributed by atoms with Crippen LogP contribution in [0.25, 0.3) is 0 Å². The van der Waals surface area contributed by atoms with Crippen molar-refractivity contribution in [3.63, 3.8) is 0 Å². The standard InChI is InChI=1S/C5H10O2.Ca.2H/c1-5(7-2)3-4-6;;;/h4-5H,3H2,1-2H3;;;/q;+2;2*-1. The van der Waals surface area contributed by atoms with Gasteiger partial charge in [-0.25, -0.2) is 0 Å². The van der Waals surface area contributed by atoms with Crippen LogP contribution in [0, 0.1) is 0 Å². The van der Waals surface area contributed by atoms with Crippen molar-refractivity contribution in [3.05, 3.63) is 0 Å². The molecule has 0 heterocycles. The Labute approximate surface area is 82.6 Å². The maximum atomic E-state index is 9.69. The smallest absolute Gasteiger partial charge is 1.00 e. The number of rotatable bonds is 3. The number of hydrogen-bond donors (Lipinski definition) is 0. The Morgan fingerprint density at radius 3 is 2.50 bits per heavy atom. The van der Waals surface area contributed by atoms with E-state index in [0.717, 1.165) is 6.29 Å². The molecule has 0 spiro atoms. The number of aldehydes is 1. The Morgan fingerprint density at radius 2 is 2.38 bits per heavy atom. The normalized spacial score (nSPS) is 11.8. The second-order valence-corrected chi connectivity index (χ2v) is 1.45. The van der Waals surface area contributed by atoms with E-state index in [2.05, 4.69) is 0 Å². The van der Waals surface area contributed by atoms with Gasteiger partial charge in [0.05, 0.1) is 6.10 Å². The quantitative estimate of drug-likeness (QED) is 0.425. The zero-order valence-electron chi connectivity index (χ0n) is 7.39. The van der Waals surface area contributed by atoms with Crippen molar-refractivity contribution in [3.8, 4) is 0 Å². The molecule has 0 aliphatic carbocycles. The minimum Gasteiger partial charge on any atom is -1.00 e. The Bertz CT molecular complexity index is 63.6. The van der Waals surface area contributed by atoms with Crippen molar-refractivity contribution >= 4 is 44.0 Å². The van der Waals surface area contributed by atoms with Crippen LogP contribution in [0.5, 0.6) is 0 Å². The van der Waals surface area contributed by atoms with Gasteiger partial charge in [-0.15, -0.1) is 0 Å². The van der Waals surface area contributed by atoms with Gasteiger partial charge in [-0.3, -0.25) is 0 Å². The Balaban J connectivity index is -0.0000000600. The van der Waals surface area contributed by atoms with Gasteiger partial charge >= 0.3 is 37.7 Å². The van der Waals surface area contributed by atoms with Crippen molar-refractivity contribution in [2.45, 2.75) is 19.4 Å². The van der Waals surface area contributed by atoms with Crippen molar-refractivity contribution < 1.29 is 12.4 Å². The van der Waals surface area contributed by atoms with Crippen LogP contribution in [-0.2, 0) is 9.53 Å². The molecule has 1 unspecified atom stereocenters.